The van der Waals surface area contributed by atoms with E-state index >= 15 is 0 Å². The van der Waals surface area contributed by atoms with Crippen molar-refractivity contribution in [3.63, 3.8) is 0 Å². The van der Waals surface area contributed by atoms with Crippen molar-refractivity contribution in [1.82, 2.24) is 5.43 Å². The summed E-state index contributed by atoms with van der Waals surface area (Å²) >= 11 is 0. The van der Waals surface area contributed by atoms with Gasteiger partial charge in [0.05, 0.1) is 11.8 Å². The van der Waals surface area contributed by atoms with Gasteiger partial charge in [0.2, 0.25) is 0 Å². The van der Waals surface area contributed by atoms with E-state index in [1.54, 1.807) is 24.3 Å². The van der Waals surface area contributed by atoms with Crippen molar-refractivity contribution >= 4 is 18.1 Å². The lowest BCUT2D eigenvalue weighted by Gasteiger charge is -2.04. The molecule has 0 fully saturated rings. The fourth-order valence-corrected chi connectivity index (χ4v) is 1.73. The van der Waals surface area contributed by atoms with Gasteiger partial charge in [-0.1, -0.05) is 0 Å². The summed E-state index contributed by atoms with van der Waals surface area (Å²) in [5.74, 6) is -1.82. The number of phenols is 2. The SMILES string of the molecule is O=C(O)COc1ccc(/C=N/NC(=O)c2ccc(O)cc2O)cc1. The van der Waals surface area contributed by atoms with E-state index in [-0.39, 0.29) is 17.1 Å². The van der Waals surface area contributed by atoms with E-state index in [2.05, 4.69) is 10.5 Å². The Morgan fingerprint density at radius 3 is 2.46 bits per heavy atom. The molecule has 0 heterocycles. The van der Waals surface area contributed by atoms with Crippen LogP contribution in [-0.2, 0) is 4.79 Å². The van der Waals surface area contributed by atoms with Gasteiger partial charge in [-0.3, -0.25) is 4.79 Å². The molecule has 0 aliphatic heterocycles. The smallest absolute Gasteiger partial charge is 0.341 e. The Hall–Kier alpha value is -3.55. The summed E-state index contributed by atoms with van der Waals surface area (Å²) in [6.07, 6.45) is 1.37. The van der Waals surface area contributed by atoms with Gasteiger partial charge in [0.1, 0.15) is 17.2 Å². The third-order valence-electron chi connectivity index (χ3n) is 2.85. The highest BCUT2D eigenvalue weighted by Crippen LogP contribution is 2.22. The number of aliphatic carboxylic acids is 1. The van der Waals surface area contributed by atoms with Gasteiger partial charge in [0, 0.05) is 6.07 Å². The molecule has 1 amide bonds. The van der Waals surface area contributed by atoms with Crippen LogP contribution in [-0.4, -0.2) is 40.0 Å². The molecule has 2 aromatic carbocycles. The highest BCUT2D eigenvalue weighted by molar-refractivity contribution is 5.97. The number of aromatic hydroxyl groups is 2. The lowest BCUT2D eigenvalue weighted by Crippen LogP contribution is -2.17. The molecule has 0 unspecified atom stereocenters. The molecule has 0 spiro atoms. The monoisotopic (exact) mass is 330 g/mol. The number of carboxylic acid groups (broad SMARTS) is 1. The summed E-state index contributed by atoms with van der Waals surface area (Å²) in [6, 6.07) is 9.98. The van der Waals surface area contributed by atoms with Gasteiger partial charge >= 0.3 is 5.97 Å². The number of carboxylic acids is 1. The van der Waals surface area contributed by atoms with Crippen LogP contribution in [0.2, 0.25) is 0 Å². The zero-order valence-corrected chi connectivity index (χ0v) is 12.3. The van der Waals surface area contributed by atoms with Crippen molar-refractivity contribution in [2.75, 3.05) is 6.61 Å². The van der Waals surface area contributed by atoms with E-state index in [0.717, 1.165) is 6.07 Å². The van der Waals surface area contributed by atoms with Crippen LogP contribution in [0, 0.1) is 0 Å². The maximum absolute atomic E-state index is 11.8. The number of carbonyl (C=O) groups is 2. The van der Waals surface area contributed by atoms with Gasteiger partial charge in [-0.25, -0.2) is 10.2 Å². The first-order valence-electron chi connectivity index (χ1n) is 6.76. The molecule has 0 radical (unpaired) electrons. The van der Waals surface area contributed by atoms with Crippen molar-refractivity contribution in [2.24, 2.45) is 5.10 Å². The van der Waals surface area contributed by atoms with Crippen LogP contribution in [0.3, 0.4) is 0 Å². The molecule has 2 aromatic rings. The number of carbonyl (C=O) groups excluding carboxylic acids is 1. The number of hydrogen-bond donors (Lipinski definition) is 4. The number of amides is 1. The van der Waals surface area contributed by atoms with Crippen LogP contribution >= 0.6 is 0 Å². The summed E-state index contributed by atoms with van der Waals surface area (Å²) in [5, 5.41) is 31.0. The zero-order chi connectivity index (χ0) is 17.5. The summed E-state index contributed by atoms with van der Waals surface area (Å²) in [7, 11) is 0. The average Bonchev–Trinajstić information content (AvgIpc) is 2.54. The fourth-order valence-electron chi connectivity index (χ4n) is 1.73. The molecule has 8 heteroatoms. The second-order valence-electron chi connectivity index (χ2n) is 4.65. The lowest BCUT2D eigenvalue weighted by atomic mass is 10.2. The molecular weight excluding hydrogens is 316 g/mol. The third-order valence-corrected chi connectivity index (χ3v) is 2.85. The summed E-state index contributed by atoms with van der Waals surface area (Å²) in [6.45, 7) is -0.431. The minimum atomic E-state index is -1.07. The highest BCUT2D eigenvalue weighted by atomic mass is 16.5. The Morgan fingerprint density at radius 1 is 1.12 bits per heavy atom. The Morgan fingerprint density at radius 2 is 1.83 bits per heavy atom. The first kappa shape index (κ1) is 16.8. The van der Waals surface area contributed by atoms with Crippen molar-refractivity contribution in [3.8, 4) is 17.2 Å². The number of phenolic OH excluding ortho intramolecular Hbond substituents is 2. The number of nitrogens with zero attached hydrogens (tertiary/aromatic N) is 1. The third kappa shape index (κ3) is 4.73. The molecule has 2 rings (SSSR count). The predicted molar refractivity (Wildman–Crippen MR) is 84.4 cm³/mol. The van der Waals surface area contributed by atoms with Gasteiger partial charge in [-0.2, -0.15) is 5.10 Å². The topological polar surface area (TPSA) is 128 Å². The van der Waals surface area contributed by atoms with Gasteiger partial charge in [0.25, 0.3) is 5.91 Å². The maximum atomic E-state index is 11.8. The Balaban J connectivity index is 1.93. The molecule has 8 nitrogen and oxygen atoms in total. The maximum Gasteiger partial charge on any atom is 0.341 e. The van der Waals surface area contributed by atoms with E-state index in [1.807, 2.05) is 0 Å². The second-order valence-corrected chi connectivity index (χ2v) is 4.65. The van der Waals surface area contributed by atoms with Gasteiger partial charge in [-0.05, 0) is 42.0 Å². The normalized spacial score (nSPS) is 10.5. The van der Waals surface area contributed by atoms with Crippen LogP contribution < -0.4 is 10.2 Å². The highest BCUT2D eigenvalue weighted by Gasteiger charge is 2.10. The van der Waals surface area contributed by atoms with Crippen LogP contribution in [0.4, 0.5) is 0 Å². The minimum absolute atomic E-state index is 0.0256. The lowest BCUT2D eigenvalue weighted by molar-refractivity contribution is -0.139. The van der Waals surface area contributed by atoms with Crippen molar-refractivity contribution in [3.05, 3.63) is 53.6 Å². The van der Waals surface area contributed by atoms with Crippen LogP contribution in [0.1, 0.15) is 15.9 Å². The Labute approximate surface area is 136 Å². The van der Waals surface area contributed by atoms with Crippen molar-refractivity contribution in [1.29, 1.82) is 0 Å². The standard InChI is InChI=1S/C16H14N2O6/c19-11-3-6-13(14(20)7-11)16(23)18-17-8-10-1-4-12(5-2-10)24-9-15(21)22/h1-8,19-20H,9H2,(H,18,23)(H,21,22)/b17-8+. The number of nitrogens with one attached hydrogen (secondary N) is 1. The van der Waals surface area contributed by atoms with Crippen LogP contribution in [0.5, 0.6) is 17.2 Å². The molecule has 0 atom stereocenters. The van der Waals surface area contributed by atoms with Gasteiger partial charge < -0.3 is 20.1 Å². The number of rotatable bonds is 6. The molecule has 4 N–H and O–H groups in total. The first-order chi connectivity index (χ1) is 11.5. The van der Waals surface area contributed by atoms with E-state index < -0.39 is 18.5 Å². The second kappa shape index (κ2) is 7.63. The van der Waals surface area contributed by atoms with E-state index in [0.29, 0.717) is 11.3 Å². The van der Waals surface area contributed by atoms with Crippen LogP contribution in [0.25, 0.3) is 0 Å². The number of hydrazone groups is 1. The molecule has 0 bridgehead atoms. The molecule has 0 saturated carbocycles. The van der Waals surface area contributed by atoms with Crippen molar-refractivity contribution in [2.45, 2.75) is 0 Å². The van der Waals surface area contributed by atoms with Crippen LogP contribution in [0.15, 0.2) is 47.6 Å². The molecule has 0 aromatic heterocycles. The first-order valence-corrected chi connectivity index (χ1v) is 6.76. The summed E-state index contributed by atoms with van der Waals surface area (Å²) in [4.78, 5) is 22.2. The number of hydrogen-bond acceptors (Lipinski definition) is 6. The molecule has 0 saturated heterocycles. The predicted octanol–water partition coefficient (Wildman–Crippen LogP) is 1.33. The molecule has 124 valence electrons. The van der Waals surface area contributed by atoms with E-state index in [1.165, 1.54) is 18.3 Å². The Kier molecular flexibility index (Phi) is 5.35. The van der Waals surface area contributed by atoms with Crippen molar-refractivity contribution < 1.29 is 29.6 Å². The van der Waals surface area contributed by atoms with Gasteiger partial charge in [-0.15, -0.1) is 0 Å². The summed E-state index contributed by atoms with van der Waals surface area (Å²) in [5.41, 5.74) is 2.86. The van der Waals surface area contributed by atoms with E-state index in [4.69, 9.17) is 9.84 Å². The average molecular weight is 330 g/mol. The molecule has 24 heavy (non-hydrogen) atoms. The fraction of sp³-hybridized carbons (Fsp3) is 0.0625. The molecular formula is C16H14N2O6. The van der Waals surface area contributed by atoms with E-state index in [9.17, 15) is 19.8 Å². The number of benzene rings is 2. The number of ether oxygens (including phenoxy) is 1. The largest absolute Gasteiger partial charge is 0.508 e. The van der Waals surface area contributed by atoms with Gasteiger partial charge in [0.15, 0.2) is 6.61 Å². The molecule has 0 aliphatic carbocycles. The minimum Gasteiger partial charge on any atom is -0.508 e. The zero-order valence-electron chi connectivity index (χ0n) is 12.3. The summed E-state index contributed by atoms with van der Waals surface area (Å²) < 4.78 is 4.98. The quantitative estimate of drug-likeness (QED) is 0.467. The Bertz CT molecular complexity index is 771. The molecule has 0 aliphatic rings.